The first kappa shape index (κ1) is 34.8. The van der Waals surface area contributed by atoms with Gasteiger partial charge in [0.15, 0.2) is 0 Å². The highest BCUT2D eigenvalue weighted by Crippen LogP contribution is 2.30. The van der Waals surface area contributed by atoms with Crippen molar-refractivity contribution in [3.05, 3.63) is 64.7 Å². The summed E-state index contributed by atoms with van der Waals surface area (Å²) in [5.74, 6) is -2.46. The largest absolute Gasteiger partial charge is 0.465 e. The van der Waals surface area contributed by atoms with Gasteiger partial charge in [-0.15, -0.1) is 0 Å². The molecule has 0 aliphatic carbocycles. The van der Waals surface area contributed by atoms with Gasteiger partial charge in [-0.25, -0.2) is 4.79 Å². The van der Waals surface area contributed by atoms with E-state index in [4.69, 9.17) is 0 Å². The quantitative estimate of drug-likeness (QED) is 0.253. The summed E-state index contributed by atoms with van der Waals surface area (Å²) in [6, 6.07) is 10.8. The van der Waals surface area contributed by atoms with Gasteiger partial charge in [0.2, 0.25) is 5.91 Å². The number of hydrogen-bond donors (Lipinski definition) is 3. The Labute approximate surface area is 273 Å². The predicted molar refractivity (Wildman–Crippen MR) is 172 cm³/mol. The molecule has 2 aromatic carbocycles. The molecule has 1 fully saturated rings. The van der Waals surface area contributed by atoms with Crippen molar-refractivity contribution in [3.8, 4) is 0 Å². The van der Waals surface area contributed by atoms with Crippen LogP contribution >= 0.6 is 0 Å². The fourth-order valence-electron chi connectivity index (χ4n) is 5.78. The van der Waals surface area contributed by atoms with Crippen LogP contribution in [0.5, 0.6) is 0 Å². The van der Waals surface area contributed by atoms with Crippen LogP contribution in [0.4, 0.5) is 10.5 Å². The number of anilines is 1. The number of unbranched alkanes of at least 4 members (excludes halogenated alkanes) is 4. The number of rotatable bonds is 10. The van der Waals surface area contributed by atoms with E-state index in [1.54, 1.807) is 42.5 Å². The number of likely N-dealkylation sites (N-methyl/N-ethyl adjacent to an activating group) is 1. The Kier molecular flexibility index (Phi) is 10.8. The molecule has 13 nitrogen and oxygen atoms in total. The van der Waals surface area contributed by atoms with E-state index in [1.807, 2.05) is 20.8 Å². The van der Waals surface area contributed by atoms with Gasteiger partial charge in [0.05, 0.1) is 22.3 Å². The normalized spacial score (nSPS) is 17.2. The molecule has 1 atom stereocenters. The zero-order valence-corrected chi connectivity index (χ0v) is 27.1. The molecule has 0 spiro atoms. The Bertz CT molecular complexity index is 1560. The number of amides is 7. The molecule has 0 aromatic heterocycles. The summed E-state index contributed by atoms with van der Waals surface area (Å²) in [4.78, 5) is 86.9. The molecule has 0 radical (unpaired) electrons. The summed E-state index contributed by atoms with van der Waals surface area (Å²) in [5.41, 5.74) is 1.79. The molecule has 47 heavy (non-hydrogen) atoms. The molecule has 2 aromatic rings. The average Bonchev–Trinajstić information content (AvgIpc) is 3.45. The zero-order valence-electron chi connectivity index (χ0n) is 27.1. The molecular formula is C34H41N5O8. The molecule has 3 heterocycles. The number of benzene rings is 2. The van der Waals surface area contributed by atoms with Gasteiger partial charge >= 0.3 is 6.09 Å². The van der Waals surface area contributed by atoms with Crippen LogP contribution < -0.4 is 10.6 Å². The Balaban J connectivity index is 0.000000379. The fourth-order valence-corrected chi connectivity index (χ4v) is 5.78. The smallest absolute Gasteiger partial charge is 0.407 e. The third-order valence-corrected chi connectivity index (χ3v) is 8.42. The fraction of sp³-hybridized carbons (Fsp3) is 0.441. The molecule has 13 heteroatoms. The molecule has 1 saturated heterocycles. The molecule has 250 valence electrons. The van der Waals surface area contributed by atoms with Crippen molar-refractivity contribution < 1.29 is 38.7 Å². The van der Waals surface area contributed by atoms with Crippen molar-refractivity contribution in [2.45, 2.75) is 77.3 Å². The summed E-state index contributed by atoms with van der Waals surface area (Å²) in [6.07, 6.45) is 4.03. The minimum absolute atomic E-state index is 0.113. The van der Waals surface area contributed by atoms with E-state index >= 15 is 0 Å². The number of carbonyl (C=O) groups excluding carboxylic acids is 6. The Hall–Kier alpha value is -5.07. The van der Waals surface area contributed by atoms with Crippen molar-refractivity contribution in [2.75, 3.05) is 25.5 Å². The summed E-state index contributed by atoms with van der Waals surface area (Å²) in [6.45, 7) is 6.89. The molecule has 3 aliphatic rings. The molecule has 7 amide bonds. The summed E-state index contributed by atoms with van der Waals surface area (Å²) in [7, 11) is 1.37. The van der Waals surface area contributed by atoms with Crippen molar-refractivity contribution in [1.82, 2.24) is 20.0 Å². The Morgan fingerprint density at radius 3 is 2.09 bits per heavy atom. The lowest BCUT2D eigenvalue weighted by Crippen LogP contribution is -2.54. The third-order valence-electron chi connectivity index (χ3n) is 8.42. The van der Waals surface area contributed by atoms with Gasteiger partial charge in [-0.1, -0.05) is 31.4 Å². The van der Waals surface area contributed by atoms with E-state index in [2.05, 4.69) is 10.6 Å². The van der Waals surface area contributed by atoms with E-state index in [0.29, 0.717) is 24.2 Å². The van der Waals surface area contributed by atoms with Gasteiger partial charge in [-0.2, -0.15) is 0 Å². The lowest BCUT2D eigenvalue weighted by atomic mass is 10.0. The second-order valence-corrected chi connectivity index (χ2v) is 12.7. The number of nitrogens with zero attached hydrogens (tertiary/aromatic N) is 3. The minimum Gasteiger partial charge on any atom is -0.465 e. The van der Waals surface area contributed by atoms with Gasteiger partial charge in [0.1, 0.15) is 6.04 Å². The van der Waals surface area contributed by atoms with E-state index in [0.717, 1.165) is 47.6 Å². The summed E-state index contributed by atoms with van der Waals surface area (Å²) >= 11 is 0. The number of piperidine rings is 1. The van der Waals surface area contributed by atoms with Crippen LogP contribution in [0, 0.1) is 0 Å². The summed E-state index contributed by atoms with van der Waals surface area (Å²) < 4.78 is 0. The van der Waals surface area contributed by atoms with Gasteiger partial charge in [-0.05, 0) is 70.4 Å². The minimum atomic E-state index is -0.956. The first-order chi connectivity index (χ1) is 22.2. The predicted octanol–water partition coefficient (Wildman–Crippen LogP) is 4.14. The maximum atomic E-state index is 13.0. The molecule has 3 N–H and O–H groups in total. The average molecular weight is 648 g/mol. The molecule has 0 saturated carbocycles. The zero-order chi connectivity index (χ0) is 34.5. The highest BCUT2D eigenvalue weighted by atomic mass is 16.4. The van der Waals surface area contributed by atoms with Gasteiger partial charge in [-0.3, -0.25) is 43.9 Å². The van der Waals surface area contributed by atoms with E-state index in [1.165, 1.54) is 11.9 Å². The van der Waals surface area contributed by atoms with Crippen LogP contribution in [0.2, 0.25) is 0 Å². The van der Waals surface area contributed by atoms with Crippen molar-refractivity contribution in [1.29, 1.82) is 0 Å². The maximum Gasteiger partial charge on any atom is 0.407 e. The van der Waals surface area contributed by atoms with Crippen LogP contribution in [0.3, 0.4) is 0 Å². The van der Waals surface area contributed by atoms with Crippen LogP contribution in [-0.4, -0.2) is 93.1 Å². The second kappa shape index (κ2) is 14.6. The van der Waals surface area contributed by atoms with Crippen LogP contribution in [0.15, 0.2) is 42.5 Å². The van der Waals surface area contributed by atoms with Crippen molar-refractivity contribution >= 4 is 47.2 Å². The van der Waals surface area contributed by atoms with Crippen LogP contribution in [0.1, 0.15) is 107 Å². The van der Waals surface area contributed by atoms with Gasteiger partial charge in [0.25, 0.3) is 29.5 Å². The lowest BCUT2D eigenvalue weighted by Gasteiger charge is -2.33. The maximum absolute atomic E-state index is 13.0. The Morgan fingerprint density at radius 2 is 1.47 bits per heavy atom. The van der Waals surface area contributed by atoms with Crippen molar-refractivity contribution in [2.24, 2.45) is 0 Å². The SMILES string of the molecule is CN1C(=O)CCC(N2C(=O)c3ccc(NCCCCCCCN(C(=O)O)C(C)(C)C)cc3C2=O)C1=O.O=C1NC(=O)c2ccccc21. The number of carbonyl (C=O) groups is 7. The molecule has 0 bridgehead atoms. The molecular weight excluding hydrogens is 606 g/mol. The van der Waals surface area contributed by atoms with Gasteiger partial charge < -0.3 is 15.3 Å². The second-order valence-electron chi connectivity index (χ2n) is 12.7. The number of imide groups is 3. The monoisotopic (exact) mass is 647 g/mol. The van der Waals surface area contributed by atoms with Crippen LogP contribution in [-0.2, 0) is 9.59 Å². The molecule has 1 unspecified atom stereocenters. The first-order valence-corrected chi connectivity index (χ1v) is 15.7. The number of likely N-dealkylation sites (tertiary alicyclic amines) is 1. The third kappa shape index (κ3) is 7.84. The highest BCUT2D eigenvalue weighted by Gasteiger charge is 2.46. The van der Waals surface area contributed by atoms with Crippen LogP contribution in [0.25, 0.3) is 0 Å². The Morgan fingerprint density at radius 1 is 0.872 bits per heavy atom. The van der Waals surface area contributed by atoms with E-state index < -0.39 is 35.4 Å². The number of carboxylic acid groups (broad SMARTS) is 1. The standard InChI is InChI=1S/C26H36N4O6.C8H5NO2/c1-26(2,3)29(25(35)36)15-9-7-5-6-8-14-27-17-10-11-18-19(16-17)23(33)30(22(18)32)20-12-13-21(31)28(4)24(20)34;10-7-5-3-1-2-4-6(5)8(11)9-7/h10-11,16,20,27H,5-9,12-15H2,1-4H3,(H,35,36);1-4H,(H,9,10,11). The number of nitrogens with one attached hydrogen (secondary N) is 2. The summed E-state index contributed by atoms with van der Waals surface area (Å²) in [5, 5.41) is 14.8. The van der Waals surface area contributed by atoms with E-state index in [-0.39, 0.29) is 41.7 Å². The first-order valence-electron chi connectivity index (χ1n) is 15.7. The topological polar surface area (TPSA) is 174 Å². The molecule has 5 rings (SSSR count). The number of hydrogen-bond acceptors (Lipinski definition) is 8. The van der Waals surface area contributed by atoms with Gasteiger partial charge in [0, 0.05) is 37.8 Å². The highest BCUT2D eigenvalue weighted by molar-refractivity contribution is 6.24. The van der Waals surface area contributed by atoms with Crippen molar-refractivity contribution in [3.63, 3.8) is 0 Å². The number of fused-ring (bicyclic) bond motifs is 2. The lowest BCUT2D eigenvalue weighted by molar-refractivity contribution is -0.149. The van der Waals surface area contributed by atoms with E-state index in [9.17, 15) is 38.7 Å². The molecule has 3 aliphatic heterocycles.